The van der Waals surface area contributed by atoms with Crippen molar-refractivity contribution < 1.29 is 9.47 Å². The summed E-state index contributed by atoms with van der Waals surface area (Å²) in [5.41, 5.74) is 0. The van der Waals surface area contributed by atoms with Gasteiger partial charge in [-0.15, -0.1) is 0 Å². The van der Waals surface area contributed by atoms with E-state index in [4.69, 9.17) is 21.7 Å². The molecule has 2 nitrogen and oxygen atoms in total. The van der Waals surface area contributed by atoms with Gasteiger partial charge < -0.3 is 9.47 Å². The number of para-hydroxylation sites is 1. The van der Waals surface area contributed by atoms with Crippen molar-refractivity contribution in [3.63, 3.8) is 0 Å². The number of fused-ring (bicyclic) bond motifs is 1. The predicted octanol–water partition coefficient (Wildman–Crippen LogP) is 4.58. The SMILES string of the molecule is S=C(Oc1ccccc1)Oc1cccc2ccccc12. The Bertz CT molecular complexity index is 733. The largest absolute Gasteiger partial charge is 0.417 e. The zero-order valence-corrected chi connectivity index (χ0v) is 11.5. The summed E-state index contributed by atoms with van der Waals surface area (Å²) in [6, 6.07) is 23.2. The second kappa shape index (κ2) is 5.72. The minimum atomic E-state index is 0.0903. The summed E-state index contributed by atoms with van der Waals surface area (Å²) in [5.74, 6) is 1.36. The molecule has 20 heavy (non-hydrogen) atoms. The van der Waals surface area contributed by atoms with Crippen LogP contribution in [0.2, 0.25) is 0 Å². The van der Waals surface area contributed by atoms with Crippen LogP contribution in [0.25, 0.3) is 10.8 Å². The minimum Gasteiger partial charge on any atom is -0.417 e. The van der Waals surface area contributed by atoms with Gasteiger partial charge >= 0.3 is 5.24 Å². The second-order valence-corrected chi connectivity index (χ2v) is 4.58. The van der Waals surface area contributed by atoms with E-state index in [1.54, 1.807) is 0 Å². The molecule has 0 bridgehead atoms. The van der Waals surface area contributed by atoms with Crippen LogP contribution < -0.4 is 9.47 Å². The van der Waals surface area contributed by atoms with Gasteiger partial charge in [0, 0.05) is 17.6 Å². The van der Waals surface area contributed by atoms with Crippen molar-refractivity contribution in [3.8, 4) is 11.5 Å². The van der Waals surface area contributed by atoms with E-state index in [9.17, 15) is 0 Å². The molecule has 0 atom stereocenters. The van der Waals surface area contributed by atoms with Crippen molar-refractivity contribution in [1.29, 1.82) is 0 Å². The Morgan fingerprint density at radius 1 is 0.700 bits per heavy atom. The molecule has 0 heterocycles. The number of thiocarbonyl (C=S) groups is 1. The van der Waals surface area contributed by atoms with E-state index >= 15 is 0 Å². The molecule has 0 aliphatic rings. The first-order valence-electron chi connectivity index (χ1n) is 6.25. The van der Waals surface area contributed by atoms with Gasteiger partial charge in [0.25, 0.3) is 0 Å². The highest BCUT2D eigenvalue weighted by molar-refractivity contribution is 7.79. The number of benzene rings is 3. The van der Waals surface area contributed by atoms with E-state index in [0.717, 1.165) is 10.8 Å². The smallest absolute Gasteiger partial charge is 0.363 e. The van der Waals surface area contributed by atoms with E-state index in [2.05, 4.69) is 0 Å². The fourth-order valence-corrected chi connectivity index (χ4v) is 2.17. The van der Waals surface area contributed by atoms with Crippen molar-refractivity contribution in [3.05, 3.63) is 72.8 Å². The lowest BCUT2D eigenvalue weighted by Crippen LogP contribution is -2.13. The number of hydrogen-bond acceptors (Lipinski definition) is 3. The maximum atomic E-state index is 5.64. The fourth-order valence-electron chi connectivity index (χ4n) is 1.98. The molecule has 0 N–H and O–H groups in total. The maximum Gasteiger partial charge on any atom is 0.363 e. The van der Waals surface area contributed by atoms with Crippen LogP contribution in [0.4, 0.5) is 0 Å². The first-order chi connectivity index (χ1) is 9.83. The molecule has 3 aromatic carbocycles. The standard InChI is InChI=1S/C17H12O2S/c20-17(18-14-9-2-1-3-10-14)19-16-12-6-8-13-7-4-5-11-15(13)16/h1-12H. The first kappa shape index (κ1) is 12.6. The van der Waals surface area contributed by atoms with Crippen LogP contribution in [-0.2, 0) is 0 Å². The third-order valence-corrected chi connectivity index (χ3v) is 3.05. The summed E-state index contributed by atoms with van der Waals surface area (Å²) in [6.45, 7) is 0. The molecular weight excluding hydrogens is 268 g/mol. The van der Waals surface area contributed by atoms with Crippen molar-refractivity contribution in [2.75, 3.05) is 0 Å². The third-order valence-electron chi connectivity index (χ3n) is 2.89. The zero-order chi connectivity index (χ0) is 13.8. The molecule has 3 rings (SSSR count). The summed E-state index contributed by atoms with van der Waals surface area (Å²) >= 11 is 5.14. The quantitative estimate of drug-likeness (QED) is 0.640. The van der Waals surface area contributed by atoms with Gasteiger partial charge in [-0.2, -0.15) is 0 Å². The highest BCUT2D eigenvalue weighted by atomic mass is 32.1. The maximum absolute atomic E-state index is 5.64. The van der Waals surface area contributed by atoms with Crippen molar-refractivity contribution in [2.45, 2.75) is 0 Å². The summed E-state index contributed by atoms with van der Waals surface area (Å²) in [4.78, 5) is 0. The Morgan fingerprint density at radius 2 is 1.40 bits per heavy atom. The van der Waals surface area contributed by atoms with Crippen LogP contribution in [0.3, 0.4) is 0 Å². The third kappa shape index (κ3) is 2.78. The van der Waals surface area contributed by atoms with Crippen molar-refractivity contribution >= 4 is 28.2 Å². The average Bonchev–Trinajstić information content (AvgIpc) is 2.48. The van der Waals surface area contributed by atoms with Gasteiger partial charge in [-0.05, 0) is 23.6 Å². The molecule has 0 aliphatic heterocycles. The van der Waals surface area contributed by atoms with E-state index < -0.39 is 0 Å². The van der Waals surface area contributed by atoms with Gasteiger partial charge in [0.2, 0.25) is 0 Å². The highest BCUT2D eigenvalue weighted by Crippen LogP contribution is 2.25. The lowest BCUT2D eigenvalue weighted by Gasteiger charge is -2.10. The molecule has 3 heteroatoms. The lowest BCUT2D eigenvalue weighted by atomic mass is 10.1. The predicted molar refractivity (Wildman–Crippen MR) is 84.2 cm³/mol. The van der Waals surface area contributed by atoms with E-state index in [0.29, 0.717) is 11.5 Å². The summed E-state index contributed by atoms with van der Waals surface area (Å²) < 4.78 is 11.1. The highest BCUT2D eigenvalue weighted by Gasteiger charge is 2.06. The van der Waals surface area contributed by atoms with Crippen molar-refractivity contribution in [1.82, 2.24) is 0 Å². The van der Waals surface area contributed by atoms with Gasteiger partial charge in [0.1, 0.15) is 11.5 Å². The lowest BCUT2D eigenvalue weighted by molar-refractivity contribution is 0.406. The fraction of sp³-hybridized carbons (Fsp3) is 0. The van der Waals surface area contributed by atoms with Crippen LogP contribution in [0, 0.1) is 0 Å². The molecule has 0 fully saturated rings. The summed E-state index contributed by atoms with van der Waals surface area (Å²) in [5, 5.41) is 2.20. The molecule has 3 aromatic rings. The molecule has 0 aromatic heterocycles. The second-order valence-electron chi connectivity index (χ2n) is 4.24. The number of rotatable bonds is 2. The molecule has 0 radical (unpaired) electrons. The Morgan fingerprint density at radius 3 is 2.25 bits per heavy atom. The molecule has 0 aliphatic carbocycles. The topological polar surface area (TPSA) is 18.5 Å². The van der Waals surface area contributed by atoms with Gasteiger partial charge in [-0.3, -0.25) is 0 Å². The Labute approximate surface area is 122 Å². The Balaban J connectivity index is 1.81. The summed E-state index contributed by atoms with van der Waals surface area (Å²) in [7, 11) is 0. The minimum absolute atomic E-state index is 0.0903. The molecule has 0 amide bonds. The molecule has 98 valence electrons. The van der Waals surface area contributed by atoms with Crippen molar-refractivity contribution in [2.24, 2.45) is 0 Å². The number of ether oxygens (including phenoxy) is 2. The molecule has 0 saturated carbocycles. The molecular formula is C17H12O2S. The van der Waals surface area contributed by atoms with Gasteiger partial charge in [-0.1, -0.05) is 54.6 Å². The monoisotopic (exact) mass is 280 g/mol. The Kier molecular flexibility index (Phi) is 3.61. The first-order valence-corrected chi connectivity index (χ1v) is 6.66. The van der Waals surface area contributed by atoms with Gasteiger partial charge in [0.05, 0.1) is 0 Å². The molecule has 0 spiro atoms. The van der Waals surface area contributed by atoms with Crippen LogP contribution in [0.15, 0.2) is 72.8 Å². The van der Waals surface area contributed by atoms with E-state index in [1.165, 1.54) is 0 Å². The average molecular weight is 280 g/mol. The van der Waals surface area contributed by atoms with Crippen LogP contribution in [-0.4, -0.2) is 5.24 Å². The normalized spacial score (nSPS) is 10.2. The van der Waals surface area contributed by atoms with Crippen LogP contribution in [0.1, 0.15) is 0 Å². The van der Waals surface area contributed by atoms with Gasteiger partial charge in [-0.25, -0.2) is 0 Å². The Hall–Kier alpha value is -2.39. The molecule has 0 saturated heterocycles. The zero-order valence-electron chi connectivity index (χ0n) is 10.7. The molecule has 0 unspecified atom stereocenters. The van der Waals surface area contributed by atoms with E-state index in [1.807, 2.05) is 72.8 Å². The van der Waals surface area contributed by atoms with E-state index in [-0.39, 0.29) is 5.24 Å². The van der Waals surface area contributed by atoms with Crippen LogP contribution in [0.5, 0.6) is 11.5 Å². The van der Waals surface area contributed by atoms with Crippen LogP contribution >= 0.6 is 12.2 Å². The van der Waals surface area contributed by atoms with Gasteiger partial charge in [0.15, 0.2) is 0 Å². The summed E-state index contributed by atoms with van der Waals surface area (Å²) in [6.07, 6.45) is 0. The number of hydrogen-bond donors (Lipinski definition) is 0.